The first-order chi connectivity index (χ1) is 15.0. The Hall–Kier alpha value is -3.75. The number of anilines is 1. The van der Waals surface area contributed by atoms with E-state index in [1.165, 1.54) is 16.8 Å². The van der Waals surface area contributed by atoms with E-state index in [9.17, 15) is 19.2 Å². The van der Waals surface area contributed by atoms with Crippen LogP contribution in [0.3, 0.4) is 0 Å². The van der Waals surface area contributed by atoms with Crippen molar-refractivity contribution in [3.63, 3.8) is 0 Å². The molecule has 3 heterocycles. The Morgan fingerprint density at radius 1 is 1.10 bits per heavy atom. The van der Waals surface area contributed by atoms with Crippen LogP contribution in [0.25, 0.3) is 11.0 Å². The highest BCUT2D eigenvalue weighted by molar-refractivity contribution is 6.05. The predicted octanol–water partition coefficient (Wildman–Crippen LogP) is 1.98. The Balaban J connectivity index is 1.55. The highest BCUT2D eigenvalue weighted by Gasteiger charge is 2.19. The van der Waals surface area contributed by atoms with Crippen LogP contribution < -0.4 is 16.6 Å². The third-order valence-electron chi connectivity index (χ3n) is 5.32. The minimum atomic E-state index is -0.584. The van der Waals surface area contributed by atoms with Gasteiger partial charge in [0, 0.05) is 37.1 Å². The molecule has 1 aliphatic heterocycles. The molecule has 1 saturated heterocycles. The van der Waals surface area contributed by atoms with Gasteiger partial charge in [0.25, 0.3) is 17.4 Å². The number of carbonyl (C=O) groups excluding carboxylic acids is 2. The number of aryl methyl sites for hydroxylation is 1. The van der Waals surface area contributed by atoms with E-state index < -0.39 is 17.2 Å². The largest absolute Gasteiger partial charge is 0.339 e. The van der Waals surface area contributed by atoms with Crippen LogP contribution in [-0.2, 0) is 6.54 Å². The van der Waals surface area contributed by atoms with Gasteiger partial charge in [0.1, 0.15) is 5.65 Å². The molecule has 1 aromatic carbocycles. The van der Waals surface area contributed by atoms with Crippen molar-refractivity contribution in [2.24, 2.45) is 0 Å². The molecule has 0 radical (unpaired) electrons. The normalized spacial score (nSPS) is 13.5. The van der Waals surface area contributed by atoms with E-state index in [2.05, 4.69) is 15.3 Å². The number of rotatable bonds is 5. The summed E-state index contributed by atoms with van der Waals surface area (Å²) in [4.78, 5) is 57.6. The summed E-state index contributed by atoms with van der Waals surface area (Å²) in [6.45, 7) is 3.87. The molecular weight excluding hydrogens is 398 g/mol. The fourth-order valence-corrected chi connectivity index (χ4v) is 3.73. The zero-order chi connectivity index (χ0) is 22.0. The third-order valence-corrected chi connectivity index (χ3v) is 5.32. The average molecular weight is 421 g/mol. The SMILES string of the molecule is CCCn1c(=O)[nH]c(=O)c2cc(C(=O)Nc3ccc(C(=O)N4CCCC4)cc3)cnc21. The summed E-state index contributed by atoms with van der Waals surface area (Å²) in [5.74, 6) is -0.452. The van der Waals surface area contributed by atoms with Crippen LogP contribution in [0.15, 0.2) is 46.1 Å². The number of aromatic amines is 1. The van der Waals surface area contributed by atoms with Crippen molar-refractivity contribution < 1.29 is 9.59 Å². The van der Waals surface area contributed by atoms with Crippen molar-refractivity contribution in [3.05, 3.63) is 68.5 Å². The van der Waals surface area contributed by atoms with Crippen LogP contribution in [-0.4, -0.2) is 44.3 Å². The lowest BCUT2D eigenvalue weighted by Crippen LogP contribution is -2.31. The van der Waals surface area contributed by atoms with Gasteiger partial charge < -0.3 is 10.2 Å². The van der Waals surface area contributed by atoms with Crippen molar-refractivity contribution in [1.82, 2.24) is 19.4 Å². The number of hydrogen-bond donors (Lipinski definition) is 2. The molecule has 9 heteroatoms. The molecule has 2 aromatic heterocycles. The first-order valence-electron chi connectivity index (χ1n) is 10.3. The Bertz CT molecular complexity index is 1250. The Morgan fingerprint density at radius 2 is 1.81 bits per heavy atom. The standard InChI is InChI=1S/C22H23N5O4/c1-2-9-27-18-17(20(29)25-22(27)31)12-15(13-23-18)19(28)24-16-7-5-14(6-8-16)21(30)26-10-3-4-11-26/h5-8,12-13H,2-4,9-11H2,1H3,(H,24,28)(H,25,29,31). The average Bonchev–Trinajstić information content (AvgIpc) is 3.31. The van der Waals surface area contributed by atoms with Gasteiger partial charge in [-0.15, -0.1) is 0 Å². The summed E-state index contributed by atoms with van der Waals surface area (Å²) in [5, 5.41) is 2.92. The predicted molar refractivity (Wildman–Crippen MR) is 116 cm³/mol. The lowest BCUT2D eigenvalue weighted by Gasteiger charge is -2.15. The zero-order valence-electron chi connectivity index (χ0n) is 17.2. The number of pyridine rings is 1. The summed E-state index contributed by atoms with van der Waals surface area (Å²) in [6, 6.07) is 8.13. The van der Waals surface area contributed by atoms with Crippen molar-refractivity contribution in [1.29, 1.82) is 0 Å². The van der Waals surface area contributed by atoms with Gasteiger partial charge in [-0.05, 0) is 49.6 Å². The Labute approximate surface area is 177 Å². The topological polar surface area (TPSA) is 117 Å². The second-order valence-corrected chi connectivity index (χ2v) is 7.54. The van der Waals surface area contributed by atoms with Crippen LogP contribution in [0.1, 0.15) is 46.9 Å². The molecule has 2 N–H and O–H groups in total. The van der Waals surface area contributed by atoms with Crippen molar-refractivity contribution in [2.75, 3.05) is 18.4 Å². The molecule has 1 fully saturated rings. The maximum atomic E-state index is 12.7. The molecule has 3 aromatic rings. The van der Waals surface area contributed by atoms with Gasteiger partial charge in [0.05, 0.1) is 10.9 Å². The smallest absolute Gasteiger partial charge is 0.329 e. The van der Waals surface area contributed by atoms with E-state index in [0.717, 1.165) is 25.9 Å². The number of aromatic nitrogens is 3. The Morgan fingerprint density at radius 3 is 2.48 bits per heavy atom. The van der Waals surface area contributed by atoms with Crippen LogP contribution in [0.5, 0.6) is 0 Å². The van der Waals surface area contributed by atoms with E-state index >= 15 is 0 Å². The lowest BCUT2D eigenvalue weighted by molar-refractivity contribution is 0.0792. The molecule has 0 atom stereocenters. The summed E-state index contributed by atoms with van der Waals surface area (Å²) >= 11 is 0. The number of fused-ring (bicyclic) bond motifs is 1. The third kappa shape index (κ3) is 4.11. The molecule has 0 spiro atoms. The maximum Gasteiger partial charge on any atom is 0.329 e. The zero-order valence-corrected chi connectivity index (χ0v) is 17.2. The molecule has 0 aliphatic carbocycles. The summed E-state index contributed by atoms with van der Waals surface area (Å²) in [6.07, 6.45) is 4.09. The van der Waals surface area contributed by atoms with Crippen molar-refractivity contribution >= 4 is 28.5 Å². The van der Waals surface area contributed by atoms with Gasteiger partial charge in [-0.1, -0.05) is 6.92 Å². The van der Waals surface area contributed by atoms with E-state index in [-0.39, 0.29) is 22.5 Å². The first-order valence-corrected chi connectivity index (χ1v) is 10.3. The van der Waals surface area contributed by atoms with Crippen LogP contribution in [0, 0.1) is 0 Å². The van der Waals surface area contributed by atoms with Crippen LogP contribution in [0.2, 0.25) is 0 Å². The van der Waals surface area contributed by atoms with Gasteiger partial charge in [-0.3, -0.25) is 23.9 Å². The molecule has 4 rings (SSSR count). The molecular formula is C22H23N5O4. The van der Waals surface area contributed by atoms with Gasteiger partial charge in [0.2, 0.25) is 0 Å². The minimum absolute atomic E-state index is 0.00791. The number of H-pyrrole nitrogens is 1. The second kappa shape index (κ2) is 8.55. The second-order valence-electron chi connectivity index (χ2n) is 7.54. The molecule has 0 unspecified atom stereocenters. The van der Waals surface area contributed by atoms with Gasteiger partial charge in [0.15, 0.2) is 0 Å². The monoisotopic (exact) mass is 421 g/mol. The summed E-state index contributed by atoms with van der Waals surface area (Å²) in [7, 11) is 0. The van der Waals surface area contributed by atoms with Crippen LogP contribution in [0.4, 0.5) is 5.69 Å². The highest BCUT2D eigenvalue weighted by atomic mass is 16.2. The van der Waals surface area contributed by atoms with Gasteiger partial charge in [-0.2, -0.15) is 0 Å². The molecule has 0 bridgehead atoms. The van der Waals surface area contributed by atoms with E-state index in [1.807, 2.05) is 11.8 Å². The summed E-state index contributed by atoms with van der Waals surface area (Å²) in [5.41, 5.74) is 0.432. The number of carbonyl (C=O) groups is 2. The minimum Gasteiger partial charge on any atom is -0.339 e. The molecule has 0 saturated carbocycles. The molecule has 31 heavy (non-hydrogen) atoms. The van der Waals surface area contributed by atoms with E-state index in [1.54, 1.807) is 24.3 Å². The number of likely N-dealkylation sites (tertiary alicyclic amines) is 1. The summed E-state index contributed by atoms with van der Waals surface area (Å²) < 4.78 is 1.38. The van der Waals surface area contributed by atoms with Crippen molar-refractivity contribution in [3.8, 4) is 0 Å². The quantitative estimate of drug-likeness (QED) is 0.653. The van der Waals surface area contributed by atoms with Crippen LogP contribution >= 0.6 is 0 Å². The van der Waals surface area contributed by atoms with Gasteiger partial charge >= 0.3 is 5.69 Å². The maximum absolute atomic E-state index is 12.7. The van der Waals surface area contributed by atoms with E-state index in [0.29, 0.717) is 24.2 Å². The van der Waals surface area contributed by atoms with Gasteiger partial charge in [-0.25, -0.2) is 9.78 Å². The molecule has 9 nitrogen and oxygen atoms in total. The fourth-order valence-electron chi connectivity index (χ4n) is 3.73. The van der Waals surface area contributed by atoms with Crippen molar-refractivity contribution in [2.45, 2.75) is 32.7 Å². The van der Waals surface area contributed by atoms with E-state index in [4.69, 9.17) is 0 Å². The number of amides is 2. The molecule has 1 aliphatic rings. The lowest BCUT2D eigenvalue weighted by atomic mass is 10.1. The number of hydrogen-bond acceptors (Lipinski definition) is 5. The highest BCUT2D eigenvalue weighted by Crippen LogP contribution is 2.16. The fraction of sp³-hybridized carbons (Fsp3) is 0.318. The number of nitrogens with one attached hydrogen (secondary N) is 2. The molecule has 2 amide bonds. The number of nitrogens with zero attached hydrogens (tertiary/aromatic N) is 3. The molecule has 160 valence electrons. The number of benzene rings is 1. The first kappa shape index (κ1) is 20.5. The Kier molecular flexibility index (Phi) is 5.66.